The Hall–Kier alpha value is 0.150. The van der Waals surface area contributed by atoms with E-state index in [9.17, 15) is 9.46 Å². The van der Waals surface area contributed by atoms with Crippen LogP contribution in [-0.2, 0) is 9.09 Å². The first-order valence-corrected chi connectivity index (χ1v) is 7.12. The van der Waals surface area contributed by atoms with Crippen molar-refractivity contribution in [2.75, 3.05) is 6.61 Å². The van der Waals surface area contributed by atoms with Gasteiger partial charge in [-0.15, -0.1) is 0 Å². The van der Waals surface area contributed by atoms with Gasteiger partial charge in [0, 0.05) is 0 Å². The topological polar surface area (TPSA) is 46.5 Å². The molecule has 0 heterocycles. The summed E-state index contributed by atoms with van der Waals surface area (Å²) in [6.45, 7) is 5.99. The lowest BCUT2D eigenvalue weighted by Crippen LogP contribution is -2.02. The van der Waals surface area contributed by atoms with Gasteiger partial charge in [-0.1, -0.05) is 46.5 Å². The van der Waals surface area contributed by atoms with Crippen molar-refractivity contribution in [3.63, 3.8) is 0 Å². The van der Waals surface area contributed by atoms with Crippen LogP contribution in [0.15, 0.2) is 0 Å². The van der Waals surface area contributed by atoms with Crippen LogP contribution in [0.5, 0.6) is 0 Å². The zero-order chi connectivity index (χ0) is 11.0. The third-order valence-electron chi connectivity index (χ3n) is 2.18. The summed E-state index contributed by atoms with van der Waals surface area (Å²) in [4.78, 5) is 9.33. The molecule has 1 unspecified atom stereocenters. The Labute approximate surface area is 87.4 Å². The quantitative estimate of drug-likeness (QED) is 0.504. The van der Waals surface area contributed by atoms with E-state index in [0.717, 1.165) is 12.8 Å². The summed E-state index contributed by atoms with van der Waals surface area (Å²) in [5, 5.41) is 0. The van der Waals surface area contributed by atoms with Crippen LogP contribution in [0.4, 0.5) is 0 Å². The molecule has 0 radical (unpaired) electrons. The van der Waals surface area contributed by atoms with Gasteiger partial charge >= 0.3 is 7.60 Å². The van der Waals surface area contributed by atoms with E-state index < -0.39 is 7.60 Å². The van der Waals surface area contributed by atoms with Crippen LogP contribution in [0, 0.1) is 0 Å². The molecule has 0 aliphatic carbocycles. The third kappa shape index (κ3) is 6.58. The third-order valence-corrected chi connectivity index (χ3v) is 4.03. The number of rotatable bonds is 8. The molecule has 0 amide bonds. The van der Waals surface area contributed by atoms with Crippen LogP contribution in [0.1, 0.15) is 52.9 Å². The maximum Gasteiger partial charge on any atom is 0.330 e. The van der Waals surface area contributed by atoms with Gasteiger partial charge in [0.15, 0.2) is 0 Å². The fraction of sp³-hybridized carbons (Fsp3) is 1.00. The van der Waals surface area contributed by atoms with Crippen LogP contribution >= 0.6 is 7.60 Å². The Morgan fingerprint density at radius 3 is 2.29 bits per heavy atom. The molecule has 14 heavy (non-hydrogen) atoms. The highest BCUT2D eigenvalue weighted by atomic mass is 31.2. The highest BCUT2D eigenvalue weighted by Gasteiger charge is 2.23. The highest BCUT2D eigenvalue weighted by molar-refractivity contribution is 7.53. The predicted molar refractivity (Wildman–Crippen MR) is 59.7 cm³/mol. The van der Waals surface area contributed by atoms with Crippen LogP contribution in [0.25, 0.3) is 0 Å². The molecule has 3 nitrogen and oxygen atoms in total. The number of unbranched alkanes of at least 4 members (excludes halogenated alkanes) is 4. The molecular formula is C10H23O3P. The molecule has 0 aromatic carbocycles. The summed E-state index contributed by atoms with van der Waals surface area (Å²) < 4.78 is 16.3. The lowest BCUT2D eigenvalue weighted by atomic mass is 10.2. The second-order valence-electron chi connectivity index (χ2n) is 3.91. The molecule has 0 saturated carbocycles. The van der Waals surface area contributed by atoms with E-state index in [2.05, 4.69) is 6.92 Å². The fourth-order valence-electron chi connectivity index (χ4n) is 1.05. The van der Waals surface area contributed by atoms with E-state index in [1.807, 2.05) is 0 Å². The molecule has 0 rings (SSSR count). The van der Waals surface area contributed by atoms with Crippen molar-refractivity contribution in [2.45, 2.75) is 58.5 Å². The van der Waals surface area contributed by atoms with E-state index in [1.165, 1.54) is 19.3 Å². The summed E-state index contributed by atoms with van der Waals surface area (Å²) in [5.74, 6) is 0. The van der Waals surface area contributed by atoms with Gasteiger partial charge < -0.3 is 9.42 Å². The average molecular weight is 222 g/mol. The van der Waals surface area contributed by atoms with Crippen molar-refractivity contribution in [1.29, 1.82) is 0 Å². The molecule has 0 aliphatic heterocycles. The zero-order valence-corrected chi connectivity index (χ0v) is 10.4. The number of hydrogen-bond acceptors (Lipinski definition) is 2. The van der Waals surface area contributed by atoms with E-state index in [0.29, 0.717) is 6.61 Å². The standard InChI is InChI=1S/C10H23O3P/c1-4-5-6-7-8-9-13-14(11,12)10(2)3/h10H,4-9H2,1-3H3,(H,11,12). The molecule has 0 fully saturated rings. The predicted octanol–water partition coefficient (Wildman–Crippen LogP) is 3.57. The van der Waals surface area contributed by atoms with Gasteiger partial charge in [-0.25, -0.2) is 0 Å². The van der Waals surface area contributed by atoms with Gasteiger partial charge in [0.2, 0.25) is 0 Å². The van der Waals surface area contributed by atoms with Crippen molar-refractivity contribution < 1.29 is 14.0 Å². The SMILES string of the molecule is CCCCCCCOP(=O)(O)C(C)C. The zero-order valence-electron chi connectivity index (χ0n) is 9.53. The van der Waals surface area contributed by atoms with Crippen LogP contribution in [-0.4, -0.2) is 17.2 Å². The lowest BCUT2D eigenvalue weighted by Gasteiger charge is -2.14. The molecule has 1 atom stereocenters. The Morgan fingerprint density at radius 1 is 1.21 bits per heavy atom. The van der Waals surface area contributed by atoms with Gasteiger partial charge in [-0.3, -0.25) is 4.57 Å². The summed E-state index contributed by atoms with van der Waals surface area (Å²) in [5.41, 5.74) is -0.293. The van der Waals surface area contributed by atoms with E-state index >= 15 is 0 Å². The Kier molecular flexibility index (Phi) is 7.52. The molecule has 0 aliphatic rings. The average Bonchev–Trinajstić information content (AvgIpc) is 2.10. The summed E-state index contributed by atoms with van der Waals surface area (Å²) in [7, 11) is -3.32. The van der Waals surface area contributed by atoms with Gasteiger partial charge in [0.25, 0.3) is 0 Å². The molecule has 1 N–H and O–H groups in total. The van der Waals surface area contributed by atoms with Gasteiger partial charge in [-0.2, -0.15) is 0 Å². The first kappa shape index (κ1) is 14.2. The first-order valence-electron chi connectivity index (χ1n) is 5.47. The molecule has 0 bridgehead atoms. The maximum atomic E-state index is 11.3. The van der Waals surface area contributed by atoms with Gasteiger partial charge in [0.05, 0.1) is 12.3 Å². The first-order chi connectivity index (χ1) is 6.50. The molecule has 0 saturated heterocycles. The minimum atomic E-state index is -3.32. The Bertz CT molecular complexity index is 180. The smallest absolute Gasteiger partial charge is 0.324 e. The van der Waals surface area contributed by atoms with Crippen molar-refractivity contribution in [3.05, 3.63) is 0 Å². The fourth-order valence-corrected chi connectivity index (χ4v) is 1.74. The lowest BCUT2D eigenvalue weighted by molar-refractivity contribution is 0.247. The molecule has 4 heteroatoms. The molecule has 0 aromatic heterocycles. The molecule has 86 valence electrons. The van der Waals surface area contributed by atoms with Crippen molar-refractivity contribution in [2.24, 2.45) is 0 Å². The number of hydrogen-bond donors (Lipinski definition) is 1. The van der Waals surface area contributed by atoms with Gasteiger partial charge in [0.1, 0.15) is 0 Å². The monoisotopic (exact) mass is 222 g/mol. The molecule has 0 spiro atoms. The normalized spacial score (nSPS) is 15.8. The van der Waals surface area contributed by atoms with Gasteiger partial charge in [-0.05, 0) is 6.42 Å². The second-order valence-corrected chi connectivity index (χ2v) is 6.32. The highest BCUT2D eigenvalue weighted by Crippen LogP contribution is 2.46. The van der Waals surface area contributed by atoms with Crippen LogP contribution in [0.2, 0.25) is 0 Å². The largest absolute Gasteiger partial charge is 0.330 e. The Morgan fingerprint density at radius 2 is 1.79 bits per heavy atom. The minimum Gasteiger partial charge on any atom is -0.324 e. The van der Waals surface area contributed by atoms with Crippen molar-refractivity contribution in [1.82, 2.24) is 0 Å². The summed E-state index contributed by atoms with van der Waals surface area (Å²) >= 11 is 0. The van der Waals surface area contributed by atoms with Crippen molar-refractivity contribution in [3.8, 4) is 0 Å². The maximum absolute atomic E-state index is 11.3. The van der Waals surface area contributed by atoms with E-state index in [1.54, 1.807) is 13.8 Å². The minimum absolute atomic E-state index is 0.293. The summed E-state index contributed by atoms with van der Waals surface area (Å²) in [6, 6.07) is 0. The van der Waals surface area contributed by atoms with E-state index in [-0.39, 0.29) is 5.66 Å². The van der Waals surface area contributed by atoms with E-state index in [4.69, 9.17) is 4.52 Å². The van der Waals surface area contributed by atoms with Crippen LogP contribution < -0.4 is 0 Å². The second kappa shape index (κ2) is 7.44. The van der Waals surface area contributed by atoms with Crippen molar-refractivity contribution >= 4 is 7.60 Å². The van der Waals surface area contributed by atoms with Crippen LogP contribution in [0.3, 0.4) is 0 Å². The molecule has 0 aromatic rings. The Balaban J connectivity index is 3.40. The molecular weight excluding hydrogens is 199 g/mol. The summed E-state index contributed by atoms with van der Waals surface area (Å²) in [6.07, 6.45) is 5.62.